The van der Waals surface area contributed by atoms with Crippen LogP contribution in [0.25, 0.3) is 11.0 Å². The fourth-order valence-electron chi connectivity index (χ4n) is 3.62. The first-order chi connectivity index (χ1) is 13.6. The average Bonchev–Trinajstić information content (AvgIpc) is 3.31. The minimum absolute atomic E-state index is 0.0493. The average molecular weight is 393 g/mol. The van der Waals surface area contributed by atoms with Crippen LogP contribution in [0.1, 0.15) is 33.5 Å². The number of rotatable bonds is 3. The number of halogens is 1. The van der Waals surface area contributed by atoms with Crippen molar-refractivity contribution in [3.05, 3.63) is 99.0 Å². The van der Waals surface area contributed by atoms with Gasteiger partial charge in [-0.25, -0.2) is 0 Å². The molecule has 0 saturated carbocycles. The summed E-state index contributed by atoms with van der Waals surface area (Å²) in [6, 6.07) is 11.3. The smallest absolute Gasteiger partial charge is 0.291 e. The molecule has 0 saturated heterocycles. The summed E-state index contributed by atoms with van der Waals surface area (Å²) in [4.78, 5) is 32.1. The molecule has 138 valence electrons. The van der Waals surface area contributed by atoms with E-state index >= 15 is 0 Å². The van der Waals surface area contributed by atoms with Gasteiger partial charge in [-0.1, -0.05) is 11.6 Å². The van der Waals surface area contributed by atoms with Crippen molar-refractivity contribution >= 4 is 28.5 Å². The number of fused-ring (bicyclic) bond motifs is 2. The molecular formula is C21H13ClN2O4. The van der Waals surface area contributed by atoms with Gasteiger partial charge in [0.1, 0.15) is 11.3 Å². The standard InChI is InChI=1S/C21H13ClN2O4/c22-13-3-4-16-15(10-13)19(25)17-18(12-5-7-23-8-6-12)24(21(26)20(17)28-16)11-14-2-1-9-27-14/h1-10,18H,11H2/t18-/m1/s1. The summed E-state index contributed by atoms with van der Waals surface area (Å²) in [5.41, 5.74) is 1.13. The highest BCUT2D eigenvalue weighted by Crippen LogP contribution is 2.39. The van der Waals surface area contributed by atoms with E-state index in [4.69, 9.17) is 20.4 Å². The van der Waals surface area contributed by atoms with E-state index in [-0.39, 0.29) is 23.6 Å². The van der Waals surface area contributed by atoms with Crippen LogP contribution >= 0.6 is 11.6 Å². The van der Waals surface area contributed by atoms with E-state index < -0.39 is 6.04 Å². The van der Waals surface area contributed by atoms with Crippen LogP contribution in [-0.4, -0.2) is 15.8 Å². The Kier molecular flexibility index (Phi) is 3.80. The van der Waals surface area contributed by atoms with Crippen LogP contribution in [-0.2, 0) is 6.54 Å². The minimum Gasteiger partial charge on any atom is -0.467 e. The Morgan fingerprint density at radius 3 is 2.68 bits per heavy atom. The van der Waals surface area contributed by atoms with Gasteiger partial charge in [0.05, 0.1) is 29.8 Å². The molecule has 0 radical (unpaired) electrons. The van der Waals surface area contributed by atoms with E-state index in [1.165, 1.54) is 0 Å². The van der Waals surface area contributed by atoms with Crippen molar-refractivity contribution in [1.82, 2.24) is 9.88 Å². The summed E-state index contributed by atoms with van der Waals surface area (Å²) in [5.74, 6) is 0.301. The predicted molar refractivity (Wildman–Crippen MR) is 102 cm³/mol. The molecule has 0 spiro atoms. The number of carbonyl (C=O) groups excluding carboxylic acids is 1. The summed E-state index contributed by atoms with van der Waals surface area (Å²) in [6.07, 6.45) is 4.80. The van der Waals surface area contributed by atoms with Crippen LogP contribution in [0.15, 0.2) is 74.8 Å². The molecule has 0 unspecified atom stereocenters. The lowest BCUT2D eigenvalue weighted by Crippen LogP contribution is -2.29. The maximum absolute atomic E-state index is 13.3. The zero-order valence-electron chi connectivity index (χ0n) is 14.5. The van der Waals surface area contributed by atoms with Gasteiger partial charge in [0, 0.05) is 17.4 Å². The van der Waals surface area contributed by atoms with Gasteiger partial charge >= 0.3 is 0 Å². The molecule has 5 rings (SSSR count). The number of nitrogens with zero attached hydrogens (tertiary/aromatic N) is 2. The molecule has 4 aromatic rings. The Bertz CT molecular complexity index is 1250. The normalized spacial score (nSPS) is 16.0. The lowest BCUT2D eigenvalue weighted by molar-refractivity contribution is 0.0701. The van der Waals surface area contributed by atoms with Crippen LogP contribution in [0.5, 0.6) is 0 Å². The maximum Gasteiger partial charge on any atom is 0.291 e. The second-order valence-corrected chi connectivity index (χ2v) is 6.95. The van der Waals surface area contributed by atoms with Gasteiger partial charge in [0.25, 0.3) is 5.91 Å². The van der Waals surface area contributed by atoms with Crippen molar-refractivity contribution in [3.8, 4) is 0 Å². The molecule has 1 aromatic carbocycles. The van der Waals surface area contributed by atoms with Gasteiger partial charge in [0.2, 0.25) is 5.76 Å². The second kappa shape index (κ2) is 6.35. The van der Waals surface area contributed by atoms with Crippen molar-refractivity contribution in [1.29, 1.82) is 0 Å². The van der Waals surface area contributed by atoms with E-state index in [1.54, 1.807) is 66.0 Å². The maximum atomic E-state index is 13.3. The fourth-order valence-corrected chi connectivity index (χ4v) is 3.79. The van der Waals surface area contributed by atoms with Crippen LogP contribution < -0.4 is 5.43 Å². The largest absolute Gasteiger partial charge is 0.467 e. The van der Waals surface area contributed by atoms with Crippen molar-refractivity contribution in [2.75, 3.05) is 0 Å². The highest BCUT2D eigenvalue weighted by atomic mass is 35.5. The first kappa shape index (κ1) is 16.8. The summed E-state index contributed by atoms with van der Waals surface area (Å²) in [6.45, 7) is 0.208. The summed E-state index contributed by atoms with van der Waals surface area (Å²) in [7, 11) is 0. The summed E-state index contributed by atoms with van der Waals surface area (Å²) < 4.78 is 11.3. The van der Waals surface area contributed by atoms with E-state index in [9.17, 15) is 9.59 Å². The van der Waals surface area contributed by atoms with Crippen LogP contribution in [0.3, 0.4) is 0 Å². The lowest BCUT2D eigenvalue weighted by Gasteiger charge is -2.24. The third kappa shape index (κ3) is 2.53. The predicted octanol–water partition coefficient (Wildman–Crippen LogP) is 4.18. The van der Waals surface area contributed by atoms with E-state index in [2.05, 4.69) is 4.98 Å². The number of hydrogen-bond acceptors (Lipinski definition) is 5. The molecule has 1 atom stereocenters. The number of pyridine rings is 1. The highest BCUT2D eigenvalue weighted by molar-refractivity contribution is 6.31. The molecule has 1 aliphatic heterocycles. The van der Waals surface area contributed by atoms with Gasteiger partial charge < -0.3 is 13.7 Å². The van der Waals surface area contributed by atoms with E-state index in [0.29, 0.717) is 27.3 Å². The molecule has 0 bridgehead atoms. The van der Waals surface area contributed by atoms with E-state index in [0.717, 1.165) is 5.56 Å². The van der Waals surface area contributed by atoms with E-state index in [1.807, 2.05) is 0 Å². The second-order valence-electron chi connectivity index (χ2n) is 6.51. The SMILES string of the molecule is O=C1c2oc3ccc(Cl)cc3c(=O)c2[C@@H](c2ccncc2)N1Cc1ccco1. The number of aromatic nitrogens is 1. The van der Waals surface area contributed by atoms with Gasteiger partial charge in [-0.15, -0.1) is 0 Å². The quantitative estimate of drug-likeness (QED) is 0.522. The molecule has 28 heavy (non-hydrogen) atoms. The molecule has 0 N–H and O–H groups in total. The molecule has 6 nitrogen and oxygen atoms in total. The topological polar surface area (TPSA) is 76.6 Å². The zero-order chi connectivity index (χ0) is 19.3. The van der Waals surface area contributed by atoms with Crippen molar-refractivity contribution in [2.45, 2.75) is 12.6 Å². The van der Waals surface area contributed by atoms with Crippen molar-refractivity contribution in [3.63, 3.8) is 0 Å². The molecule has 7 heteroatoms. The van der Waals surface area contributed by atoms with Crippen LogP contribution in [0.2, 0.25) is 5.02 Å². The number of amides is 1. The number of hydrogen-bond donors (Lipinski definition) is 0. The number of furan rings is 1. The Morgan fingerprint density at radius 1 is 1.11 bits per heavy atom. The third-order valence-corrected chi connectivity index (χ3v) is 5.09. The zero-order valence-corrected chi connectivity index (χ0v) is 15.2. The van der Waals surface area contributed by atoms with Crippen molar-refractivity contribution < 1.29 is 13.6 Å². The molecule has 4 heterocycles. The third-order valence-electron chi connectivity index (χ3n) is 4.86. The molecule has 3 aromatic heterocycles. The summed E-state index contributed by atoms with van der Waals surface area (Å²) >= 11 is 6.07. The van der Waals surface area contributed by atoms with Gasteiger partial charge in [0.15, 0.2) is 5.43 Å². The van der Waals surface area contributed by atoms with Gasteiger partial charge in [-0.3, -0.25) is 14.6 Å². The Hall–Kier alpha value is -3.38. The van der Waals surface area contributed by atoms with Gasteiger partial charge in [-0.2, -0.15) is 0 Å². The lowest BCUT2D eigenvalue weighted by atomic mass is 9.99. The molecule has 0 fully saturated rings. The Labute approximate surface area is 164 Å². The first-order valence-electron chi connectivity index (χ1n) is 8.63. The van der Waals surface area contributed by atoms with Crippen LogP contribution in [0, 0.1) is 0 Å². The van der Waals surface area contributed by atoms with Crippen molar-refractivity contribution in [2.24, 2.45) is 0 Å². The molecule has 1 amide bonds. The van der Waals surface area contributed by atoms with Crippen LogP contribution in [0.4, 0.5) is 0 Å². The Balaban J connectivity index is 1.76. The molecular weight excluding hydrogens is 380 g/mol. The Morgan fingerprint density at radius 2 is 1.93 bits per heavy atom. The molecule has 1 aliphatic rings. The summed E-state index contributed by atoms with van der Waals surface area (Å²) in [5, 5.41) is 0.773. The monoisotopic (exact) mass is 392 g/mol. The number of carbonyl (C=O) groups is 1. The number of benzene rings is 1. The molecule has 0 aliphatic carbocycles. The fraction of sp³-hybridized carbons (Fsp3) is 0.0952. The van der Waals surface area contributed by atoms with Gasteiger partial charge in [-0.05, 0) is 48.0 Å². The highest BCUT2D eigenvalue weighted by Gasteiger charge is 2.43. The minimum atomic E-state index is -0.602. The first-order valence-corrected chi connectivity index (χ1v) is 9.01.